The number of hydrogen-bond acceptors (Lipinski definition) is 4. The van der Waals surface area contributed by atoms with Crippen LogP contribution in [0.15, 0.2) is 78.9 Å². The number of nitrogens with zero attached hydrogens (tertiary/aromatic N) is 3. The molecule has 0 aliphatic carbocycles. The molecule has 0 N–H and O–H groups in total. The molecule has 0 bridgehead atoms. The van der Waals surface area contributed by atoms with Gasteiger partial charge in [0.1, 0.15) is 12.0 Å². The summed E-state index contributed by atoms with van der Waals surface area (Å²) in [5.74, 6) is 2.13. The second-order valence-electron chi connectivity index (χ2n) is 6.37. The summed E-state index contributed by atoms with van der Waals surface area (Å²) in [6.45, 7) is 0.588. The first-order valence-corrected chi connectivity index (χ1v) is 8.95. The van der Waals surface area contributed by atoms with Gasteiger partial charge in [0.05, 0.1) is 13.7 Å². The van der Waals surface area contributed by atoms with Crippen LogP contribution >= 0.6 is 0 Å². The predicted molar refractivity (Wildman–Crippen MR) is 108 cm³/mol. The van der Waals surface area contributed by atoms with E-state index in [0.29, 0.717) is 17.9 Å². The van der Waals surface area contributed by atoms with Crippen LogP contribution in [0, 0.1) is 0 Å². The van der Waals surface area contributed by atoms with Gasteiger partial charge in [0.25, 0.3) is 0 Å². The van der Waals surface area contributed by atoms with Gasteiger partial charge < -0.3 is 4.74 Å². The van der Waals surface area contributed by atoms with E-state index in [-0.39, 0.29) is 0 Å². The molecule has 0 unspecified atom stereocenters. The first-order chi connectivity index (χ1) is 13.8. The van der Waals surface area contributed by atoms with E-state index in [4.69, 9.17) is 14.8 Å². The van der Waals surface area contributed by atoms with Gasteiger partial charge >= 0.3 is 0 Å². The lowest BCUT2D eigenvalue weighted by molar-refractivity contribution is 0.112. The number of aldehydes is 1. The third kappa shape index (κ3) is 3.69. The van der Waals surface area contributed by atoms with Crippen LogP contribution in [0.25, 0.3) is 22.8 Å². The third-order valence-electron chi connectivity index (χ3n) is 4.48. The van der Waals surface area contributed by atoms with Crippen molar-refractivity contribution in [3.8, 4) is 28.5 Å². The van der Waals surface area contributed by atoms with Crippen LogP contribution in [0.2, 0.25) is 0 Å². The van der Waals surface area contributed by atoms with Gasteiger partial charge in [-0.05, 0) is 35.9 Å². The minimum atomic E-state index is 0.588. The van der Waals surface area contributed by atoms with Crippen molar-refractivity contribution in [2.45, 2.75) is 6.54 Å². The molecule has 138 valence electrons. The number of ether oxygens (including phenoxy) is 1. The standard InChI is InChI=1S/C23H19N3O2/c1-28-21-12-10-19(11-13-21)22-24-23(20-9-5-8-18(14-20)16-27)26(25-22)15-17-6-3-2-4-7-17/h2-14,16H,15H2,1H3. The highest BCUT2D eigenvalue weighted by Crippen LogP contribution is 2.25. The van der Waals surface area contributed by atoms with Crippen molar-refractivity contribution in [1.82, 2.24) is 14.8 Å². The van der Waals surface area contributed by atoms with Gasteiger partial charge in [0.15, 0.2) is 11.6 Å². The van der Waals surface area contributed by atoms with E-state index in [9.17, 15) is 4.79 Å². The van der Waals surface area contributed by atoms with E-state index in [0.717, 1.165) is 34.6 Å². The van der Waals surface area contributed by atoms with E-state index in [1.54, 1.807) is 13.2 Å². The van der Waals surface area contributed by atoms with Gasteiger partial charge in [-0.1, -0.05) is 48.5 Å². The Bertz CT molecular complexity index is 1090. The first kappa shape index (κ1) is 17.7. The average molecular weight is 369 g/mol. The molecule has 0 radical (unpaired) electrons. The highest BCUT2D eigenvalue weighted by atomic mass is 16.5. The Labute approximate surface area is 163 Å². The summed E-state index contributed by atoms with van der Waals surface area (Å²) < 4.78 is 7.10. The number of aromatic nitrogens is 3. The van der Waals surface area contributed by atoms with Crippen LogP contribution in [0.1, 0.15) is 15.9 Å². The molecule has 0 fully saturated rings. The molecule has 0 spiro atoms. The number of carbonyl (C=O) groups excluding carboxylic acids is 1. The largest absolute Gasteiger partial charge is 0.497 e. The molecular weight excluding hydrogens is 350 g/mol. The summed E-state index contributed by atoms with van der Waals surface area (Å²) in [6, 6.07) is 25.2. The smallest absolute Gasteiger partial charge is 0.181 e. The lowest BCUT2D eigenvalue weighted by atomic mass is 10.1. The number of benzene rings is 3. The fraction of sp³-hybridized carbons (Fsp3) is 0.0870. The maximum absolute atomic E-state index is 11.2. The molecule has 1 aromatic heterocycles. The summed E-state index contributed by atoms with van der Waals surface area (Å²) in [5.41, 5.74) is 3.49. The SMILES string of the molecule is COc1ccc(-c2nc(-c3cccc(C=O)c3)n(Cc3ccccc3)n2)cc1. The Morgan fingerprint density at radius 2 is 1.71 bits per heavy atom. The maximum atomic E-state index is 11.2. The lowest BCUT2D eigenvalue weighted by Gasteiger charge is -2.06. The fourth-order valence-corrected chi connectivity index (χ4v) is 3.04. The van der Waals surface area contributed by atoms with E-state index in [1.165, 1.54) is 0 Å². The average Bonchev–Trinajstić information content (AvgIpc) is 3.18. The van der Waals surface area contributed by atoms with E-state index >= 15 is 0 Å². The van der Waals surface area contributed by atoms with Gasteiger partial charge in [0, 0.05) is 16.7 Å². The van der Waals surface area contributed by atoms with Crippen LogP contribution in [-0.4, -0.2) is 28.2 Å². The second-order valence-corrected chi connectivity index (χ2v) is 6.37. The van der Waals surface area contributed by atoms with Gasteiger partial charge in [-0.2, -0.15) is 5.10 Å². The molecular formula is C23H19N3O2. The van der Waals surface area contributed by atoms with Crippen molar-refractivity contribution in [3.63, 3.8) is 0 Å². The molecule has 5 nitrogen and oxygen atoms in total. The minimum Gasteiger partial charge on any atom is -0.497 e. The van der Waals surface area contributed by atoms with Crippen LogP contribution in [0.3, 0.4) is 0 Å². The molecule has 0 aliphatic heterocycles. The third-order valence-corrected chi connectivity index (χ3v) is 4.48. The number of methoxy groups -OCH3 is 1. The van der Waals surface area contributed by atoms with Crippen molar-refractivity contribution in [2.24, 2.45) is 0 Å². The van der Waals surface area contributed by atoms with Crippen LogP contribution in [0.5, 0.6) is 5.75 Å². The molecule has 0 amide bonds. The number of hydrogen-bond donors (Lipinski definition) is 0. The zero-order valence-corrected chi connectivity index (χ0v) is 15.4. The summed E-state index contributed by atoms with van der Waals surface area (Å²) >= 11 is 0. The molecule has 4 rings (SSSR count). The summed E-state index contributed by atoms with van der Waals surface area (Å²) in [6.07, 6.45) is 0.839. The highest BCUT2D eigenvalue weighted by Gasteiger charge is 2.14. The summed E-state index contributed by atoms with van der Waals surface area (Å²) in [7, 11) is 1.64. The van der Waals surface area contributed by atoms with Gasteiger partial charge in [-0.25, -0.2) is 9.67 Å². The maximum Gasteiger partial charge on any atom is 0.181 e. The monoisotopic (exact) mass is 369 g/mol. The summed E-state index contributed by atoms with van der Waals surface area (Å²) in [5, 5.41) is 4.74. The van der Waals surface area contributed by atoms with Crippen molar-refractivity contribution >= 4 is 6.29 Å². The van der Waals surface area contributed by atoms with Crippen molar-refractivity contribution in [3.05, 3.63) is 90.0 Å². The zero-order chi connectivity index (χ0) is 19.3. The molecule has 3 aromatic carbocycles. The quantitative estimate of drug-likeness (QED) is 0.470. The van der Waals surface area contributed by atoms with Gasteiger partial charge in [-0.3, -0.25) is 4.79 Å². The first-order valence-electron chi connectivity index (χ1n) is 8.95. The molecule has 28 heavy (non-hydrogen) atoms. The fourth-order valence-electron chi connectivity index (χ4n) is 3.04. The number of carbonyl (C=O) groups is 1. The molecule has 4 aromatic rings. The van der Waals surface area contributed by atoms with Crippen LogP contribution in [-0.2, 0) is 6.54 Å². The van der Waals surface area contributed by atoms with Crippen LogP contribution < -0.4 is 4.74 Å². The topological polar surface area (TPSA) is 57.0 Å². The predicted octanol–water partition coefficient (Wildman–Crippen LogP) is 4.48. The molecule has 5 heteroatoms. The van der Waals surface area contributed by atoms with Gasteiger partial charge in [-0.15, -0.1) is 0 Å². The Balaban J connectivity index is 1.79. The Morgan fingerprint density at radius 3 is 2.43 bits per heavy atom. The van der Waals surface area contributed by atoms with Crippen molar-refractivity contribution in [1.29, 1.82) is 0 Å². The van der Waals surface area contributed by atoms with Crippen LogP contribution in [0.4, 0.5) is 0 Å². The Morgan fingerprint density at radius 1 is 0.929 bits per heavy atom. The number of rotatable bonds is 6. The van der Waals surface area contributed by atoms with Crippen molar-refractivity contribution in [2.75, 3.05) is 7.11 Å². The molecule has 0 aliphatic rings. The van der Waals surface area contributed by atoms with Crippen molar-refractivity contribution < 1.29 is 9.53 Å². The highest BCUT2D eigenvalue weighted by molar-refractivity contribution is 5.78. The van der Waals surface area contributed by atoms with E-state index in [2.05, 4.69) is 12.1 Å². The normalized spacial score (nSPS) is 10.6. The Kier molecular flexibility index (Phi) is 4.97. The Hall–Kier alpha value is -3.73. The van der Waals surface area contributed by atoms with E-state index < -0.39 is 0 Å². The summed E-state index contributed by atoms with van der Waals surface area (Å²) in [4.78, 5) is 16.0. The van der Waals surface area contributed by atoms with E-state index in [1.807, 2.05) is 65.3 Å². The lowest BCUT2D eigenvalue weighted by Crippen LogP contribution is -2.04. The van der Waals surface area contributed by atoms with Gasteiger partial charge in [0.2, 0.25) is 0 Å². The minimum absolute atomic E-state index is 0.588. The molecule has 0 saturated carbocycles. The second kappa shape index (κ2) is 7.88. The zero-order valence-electron chi connectivity index (χ0n) is 15.4. The molecule has 0 saturated heterocycles. The molecule has 1 heterocycles. The molecule has 0 atom stereocenters.